The minimum Gasteiger partial charge on any atom is -0.450 e. The molecule has 0 saturated carbocycles. The topological polar surface area (TPSA) is 115 Å². The van der Waals surface area contributed by atoms with Crippen LogP contribution in [-0.4, -0.2) is 32.7 Å². The van der Waals surface area contributed by atoms with Crippen LogP contribution in [0.4, 0.5) is 9.59 Å². The molecule has 0 aromatic heterocycles. The summed E-state index contributed by atoms with van der Waals surface area (Å²) in [7, 11) is 0. The number of carboxylic acid groups (broad SMARTS) is 4. The average molecular weight is 216 g/mol. The number of hydrogen-bond donors (Lipinski definition) is 4. The van der Waals surface area contributed by atoms with E-state index in [0.717, 1.165) is 0 Å². The van der Waals surface area contributed by atoms with Gasteiger partial charge in [-0.05, 0) is 0 Å². The van der Waals surface area contributed by atoms with Crippen molar-refractivity contribution in [3.8, 4) is 0 Å². The highest BCUT2D eigenvalue weighted by atomic mass is 16.6. The van der Waals surface area contributed by atoms with Crippen LogP contribution in [0.5, 0.6) is 0 Å². The van der Waals surface area contributed by atoms with Gasteiger partial charge < -0.3 is 20.4 Å². The lowest BCUT2D eigenvalue weighted by Crippen LogP contribution is -1.81. The predicted octanol–water partition coefficient (Wildman–Crippen LogP) is 3.77. The molecular formula is C8H24O6. The summed E-state index contributed by atoms with van der Waals surface area (Å²) >= 11 is 0. The van der Waals surface area contributed by atoms with Gasteiger partial charge in [0.15, 0.2) is 0 Å². The molecule has 0 spiro atoms. The Morgan fingerprint density at radius 2 is 0.786 bits per heavy atom. The van der Waals surface area contributed by atoms with Crippen LogP contribution in [0.3, 0.4) is 0 Å². The van der Waals surface area contributed by atoms with Gasteiger partial charge in [0.2, 0.25) is 0 Å². The number of carbonyl (C=O) groups is 2. The fourth-order valence-electron chi connectivity index (χ4n) is 0. The summed E-state index contributed by atoms with van der Waals surface area (Å²) in [6, 6.07) is 0. The molecule has 0 radical (unpaired) electrons. The van der Waals surface area contributed by atoms with Crippen LogP contribution in [0.2, 0.25) is 0 Å². The molecule has 0 amide bonds. The number of rotatable bonds is 0. The minimum absolute atomic E-state index is 0. The molecule has 14 heavy (non-hydrogen) atoms. The summed E-state index contributed by atoms with van der Waals surface area (Å²) in [6.07, 6.45) is -2.42. The van der Waals surface area contributed by atoms with Crippen molar-refractivity contribution < 1.29 is 30.0 Å². The van der Waals surface area contributed by atoms with Crippen molar-refractivity contribution in [1.29, 1.82) is 0 Å². The van der Waals surface area contributed by atoms with E-state index in [9.17, 15) is 0 Å². The first-order valence-corrected chi connectivity index (χ1v) is 2.72. The van der Waals surface area contributed by atoms with E-state index in [0.29, 0.717) is 0 Å². The normalized spacial score (nSPS) is 4.71. The zero-order valence-electron chi connectivity index (χ0n) is 6.31. The average Bonchev–Trinajstić information content (AvgIpc) is 1.60. The van der Waals surface area contributed by atoms with Gasteiger partial charge in [-0.3, -0.25) is 0 Å². The lowest BCUT2D eigenvalue weighted by Gasteiger charge is -1.60. The van der Waals surface area contributed by atoms with E-state index in [1.165, 1.54) is 6.42 Å². The first-order valence-electron chi connectivity index (χ1n) is 2.72. The molecule has 6 nitrogen and oxygen atoms in total. The van der Waals surface area contributed by atoms with Gasteiger partial charge in [-0.15, -0.1) is 0 Å². The molecule has 0 fully saturated rings. The fraction of sp³-hybridized carbons (Fsp3) is 0.750. The maximum Gasteiger partial charge on any atom is 0.503 e. The van der Waals surface area contributed by atoms with Crippen LogP contribution in [0.15, 0.2) is 0 Å². The Labute approximate surface area is 85.8 Å². The quantitative estimate of drug-likeness (QED) is 0.490. The Bertz CT molecular complexity index is 82.0. The third-order valence-electron chi connectivity index (χ3n) is 0. The Balaban J connectivity index is -0.0000000156. The second kappa shape index (κ2) is 41.8. The van der Waals surface area contributed by atoms with E-state index in [1.807, 2.05) is 0 Å². The monoisotopic (exact) mass is 216 g/mol. The van der Waals surface area contributed by atoms with Crippen LogP contribution in [0.1, 0.15) is 42.5 Å². The van der Waals surface area contributed by atoms with E-state index in [2.05, 4.69) is 13.8 Å². The lowest BCUT2D eigenvalue weighted by molar-refractivity contribution is 0.135. The van der Waals surface area contributed by atoms with Gasteiger partial charge in [-0.1, -0.05) is 42.5 Å². The molecule has 0 heterocycles. The van der Waals surface area contributed by atoms with Gasteiger partial charge in [-0.25, -0.2) is 9.59 Å². The molecule has 0 atom stereocenters. The molecule has 6 heteroatoms. The van der Waals surface area contributed by atoms with Crippen LogP contribution < -0.4 is 0 Å². The van der Waals surface area contributed by atoms with Gasteiger partial charge in [0.05, 0.1) is 0 Å². The molecule has 0 unspecified atom stereocenters. The zero-order valence-corrected chi connectivity index (χ0v) is 6.31. The van der Waals surface area contributed by atoms with Gasteiger partial charge in [0.25, 0.3) is 0 Å². The molecular weight excluding hydrogens is 192 g/mol. The molecule has 0 aromatic rings. The Hall–Kier alpha value is -1.46. The smallest absolute Gasteiger partial charge is 0.450 e. The predicted molar refractivity (Wildman–Crippen MR) is 57.5 cm³/mol. The Kier molecular flexibility index (Phi) is 116. The van der Waals surface area contributed by atoms with Gasteiger partial charge in [-0.2, -0.15) is 0 Å². The van der Waals surface area contributed by atoms with Crippen LogP contribution >= 0.6 is 0 Å². The van der Waals surface area contributed by atoms with E-state index >= 15 is 0 Å². The lowest BCUT2D eigenvalue weighted by atomic mass is 10.6. The largest absolute Gasteiger partial charge is 0.503 e. The van der Waals surface area contributed by atoms with Crippen molar-refractivity contribution in [2.75, 3.05) is 0 Å². The van der Waals surface area contributed by atoms with Crippen LogP contribution in [0, 0.1) is 0 Å². The van der Waals surface area contributed by atoms with Gasteiger partial charge in [0.1, 0.15) is 0 Å². The maximum absolute atomic E-state index is 8.56. The van der Waals surface area contributed by atoms with E-state index in [-0.39, 0.29) is 22.3 Å². The second-order valence-corrected chi connectivity index (χ2v) is 1.27. The van der Waals surface area contributed by atoms with Crippen LogP contribution in [-0.2, 0) is 0 Å². The molecule has 0 rings (SSSR count). The van der Waals surface area contributed by atoms with Crippen molar-refractivity contribution >= 4 is 12.3 Å². The third-order valence-corrected chi connectivity index (χ3v) is 0. The molecule has 0 saturated heterocycles. The van der Waals surface area contributed by atoms with Crippen molar-refractivity contribution in [1.82, 2.24) is 0 Å². The highest BCUT2D eigenvalue weighted by molar-refractivity contribution is 5.53. The van der Waals surface area contributed by atoms with E-state index in [1.54, 1.807) is 0 Å². The van der Waals surface area contributed by atoms with Gasteiger partial charge >= 0.3 is 12.3 Å². The molecule has 0 aromatic carbocycles. The molecule has 0 bridgehead atoms. The molecule has 92 valence electrons. The first-order chi connectivity index (χ1) is 4.88. The van der Waals surface area contributed by atoms with E-state index < -0.39 is 12.3 Å². The van der Waals surface area contributed by atoms with Crippen molar-refractivity contribution in [3.63, 3.8) is 0 Å². The van der Waals surface area contributed by atoms with Crippen LogP contribution in [0.25, 0.3) is 0 Å². The first kappa shape index (κ1) is 39.0. The van der Waals surface area contributed by atoms with Crippen molar-refractivity contribution in [2.24, 2.45) is 0 Å². The second-order valence-electron chi connectivity index (χ2n) is 1.27. The van der Waals surface area contributed by atoms with Crippen molar-refractivity contribution in [3.05, 3.63) is 0 Å². The molecule has 0 aliphatic carbocycles. The Morgan fingerprint density at radius 3 is 0.786 bits per heavy atom. The summed E-state index contributed by atoms with van der Waals surface area (Å²) in [5.41, 5.74) is 0. The zero-order chi connectivity index (χ0) is 9.86. The van der Waals surface area contributed by atoms with Gasteiger partial charge in [0, 0.05) is 0 Å². The highest BCUT2D eigenvalue weighted by Gasteiger charge is 1.70. The summed E-state index contributed by atoms with van der Waals surface area (Å²) in [5.74, 6) is 0. The summed E-state index contributed by atoms with van der Waals surface area (Å²) in [4.78, 5) is 17.1. The highest BCUT2D eigenvalue weighted by Crippen LogP contribution is 1.56. The molecule has 0 aliphatic heterocycles. The Morgan fingerprint density at radius 1 is 0.786 bits per heavy atom. The van der Waals surface area contributed by atoms with E-state index in [4.69, 9.17) is 30.0 Å². The maximum atomic E-state index is 8.56. The summed E-state index contributed by atoms with van der Waals surface area (Å²) in [5, 5.41) is 27.9. The SMILES string of the molecule is C.C.C.CCC.O=C(O)O.O=C(O)O. The van der Waals surface area contributed by atoms with Crippen molar-refractivity contribution in [2.45, 2.75) is 42.5 Å². The minimum atomic E-state index is -1.83. The third kappa shape index (κ3) is 450. The molecule has 4 N–H and O–H groups in total. The number of hydrogen-bond acceptors (Lipinski definition) is 2. The summed E-state index contributed by atoms with van der Waals surface area (Å²) in [6.45, 7) is 4.25. The standard InChI is InChI=1S/C3H8.2CH2O3.3CH4/c1-3-2;2*2-1(3)4;;;/h3H2,1-2H3;2*(H2,2,3,4);3*1H4. The summed E-state index contributed by atoms with van der Waals surface area (Å²) < 4.78 is 0. The fourth-order valence-corrected chi connectivity index (χ4v) is 0. The molecule has 0 aliphatic rings.